The summed E-state index contributed by atoms with van der Waals surface area (Å²) in [6, 6.07) is 12.2. The second-order valence-electron chi connectivity index (χ2n) is 6.92. The third-order valence-electron chi connectivity index (χ3n) is 5.19. The molecule has 0 spiro atoms. The van der Waals surface area contributed by atoms with E-state index in [0.717, 1.165) is 11.1 Å². The second kappa shape index (κ2) is 8.82. The summed E-state index contributed by atoms with van der Waals surface area (Å²) in [5.74, 6) is 1.38. The molecule has 29 heavy (non-hydrogen) atoms. The molecule has 1 heterocycles. The average molecular weight is 416 g/mol. The fourth-order valence-corrected chi connectivity index (χ4v) is 5.05. The van der Waals surface area contributed by atoms with Crippen molar-refractivity contribution in [2.45, 2.75) is 18.4 Å². The molecule has 1 fully saturated rings. The molecule has 0 amide bonds. The van der Waals surface area contributed by atoms with Crippen LogP contribution < -0.4 is 9.47 Å². The lowest BCUT2D eigenvalue weighted by atomic mass is 10.1. The lowest BCUT2D eigenvalue weighted by Gasteiger charge is -2.34. The van der Waals surface area contributed by atoms with Gasteiger partial charge in [0.1, 0.15) is 6.07 Å². The number of nitriles is 1. The third kappa shape index (κ3) is 4.37. The Morgan fingerprint density at radius 2 is 1.66 bits per heavy atom. The van der Waals surface area contributed by atoms with Crippen molar-refractivity contribution in [3.8, 4) is 17.6 Å². The minimum absolute atomic E-state index is 0.0756. The van der Waals surface area contributed by atoms with Gasteiger partial charge in [0.15, 0.2) is 11.5 Å². The van der Waals surface area contributed by atoms with E-state index >= 15 is 0 Å². The maximum Gasteiger partial charge on any atom is 0.244 e. The van der Waals surface area contributed by atoms with Crippen molar-refractivity contribution in [3.05, 3.63) is 53.1 Å². The molecule has 7 nitrogen and oxygen atoms in total. The molecule has 1 aliphatic heterocycles. The van der Waals surface area contributed by atoms with E-state index in [-0.39, 0.29) is 10.5 Å². The summed E-state index contributed by atoms with van der Waals surface area (Å²) in [4.78, 5) is 2.29. The van der Waals surface area contributed by atoms with E-state index in [4.69, 9.17) is 9.47 Å². The lowest BCUT2D eigenvalue weighted by molar-refractivity contribution is 0.181. The molecule has 0 aliphatic carbocycles. The SMILES string of the molecule is COc1cc(C)c(CN2CCN(S(=O)(=O)c3ccccc3C#N)CC2)cc1OC. The van der Waals surface area contributed by atoms with Crippen LogP contribution in [0.2, 0.25) is 0 Å². The second-order valence-corrected chi connectivity index (χ2v) is 8.83. The highest BCUT2D eigenvalue weighted by Gasteiger charge is 2.30. The molecular weight excluding hydrogens is 390 g/mol. The number of methoxy groups -OCH3 is 2. The zero-order valence-corrected chi connectivity index (χ0v) is 17.7. The van der Waals surface area contributed by atoms with Crippen LogP contribution in [0.25, 0.3) is 0 Å². The molecular formula is C21H25N3O4S. The molecule has 2 aromatic carbocycles. The highest BCUT2D eigenvalue weighted by molar-refractivity contribution is 7.89. The van der Waals surface area contributed by atoms with Gasteiger partial charge in [-0.05, 0) is 42.3 Å². The Bertz CT molecular complexity index is 1020. The quantitative estimate of drug-likeness (QED) is 0.720. The molecule has 1 aliphatic rings. The van der Waals surface area contributed by atoms with E-state index in [9.17, 15) is 13.7 Å². The molecule has 0 unspecified atom stereocenters. The smallest absolute Gasteiger partial charge is 0.244 e. The maximum absolute atomic E-state index is 13.0. The van der Waals surface area contributed by atoms with Crippen molar-refractivity contribution in [1.29, 1.82) is 5.26 Å². The number of piperazine rings is 1. The van der Waals surface area contributed by atoms with Crippen molar-refractivity contribution >= 4 is 10.0 Å². The van der Waals surface area contributed by atoms with Crippen LogP contribution in [-0.2, 0) is 16.6 Å². The number of hydrogen-bond donors (Lipinski definition) is 0. The Morgan fingerprint density at radius 1 is 1.03 bits per heavy atom. The van der Waals surface area contributed by atoms with E-state index in [2.05, 4.69) is 4.90 Å². The minimum Gasteiger partial charge on any atom is -0.493 e. The summed E-state index contributed by atoms with van der Waals surface area (Å²) >= 11 is 0. The first-order valence-corrected chi connectivity index (χ1v) is 10.8. The van der Waals surface area contributed by atoms with Crippen LogP contribution in [0.15, 0.2) is 41.3 Å². The van der Waals surface area contributed by atoms with Gasteiger partial charge in [-0.3, -0.25) is 4.90 Å². The summed E-state index contributed by atoms with van der Waals surface area (Å²) < 4.78 is 38.1. The number of ether oxygens (including phenoxy) is 2. The van der Waals surface area contributed by atoms with Crippen molar-refractivity contribution in [3.63, 3.8) is 0 Å². The molecule has 0 aromatic heterocycles. The molecule has 8 heteroatoms. The Balaban J connectivity index is 1.71. The fourth-order valence-electron chi connectivity index (χ4n) is 3.48. The lowest BCUT2D eigenvalue weighted by Crippen LogP contribution is -2.48. The number of hydrogen-bond acceptors (Lipinski definition) is 6. The van der Waals surface area contributed by atoms with Gasteiger partial charge < -0.3 is 9.47 Å². The number of aryl methyl sites for hydroxylation is 1. The Morgan fingerprint density at radius 3 is 2.28 bits per heavy atom. The Kier molecular flexibility index (Phi) is 6.42. The predicted octanol–water partition coefficient (Wildman–Crippen LogP) is 2.39. The van der Waals surface area contributed by atoms with Crippen molar-refractivity contribution in [2.75, 3.05) is 40.4 Å². The van der Waals surface area contributed by atoms with E-state index in [0.29, 0.717) is 44.2 Å². The number of rotatable bonds is 6. The van der Waals surface area contributed by atoms with Crippen LogP contribution in [0.1, 0.15) is 16.7 Å². The first-order chi connectivity index (χ1) is 13.9. The van der Waals surface area contributed by atoms with Gasteiger partial charge in [-0.25, -0.2) is 8.42 Å². The van der Waals surface area contributed by atoms with Crippen LogP contribution in [0.4, 0.5) is 0 Å². The first-order valence-electron chi connectivity index (χ1n) is 9.34. The van der Waals surface area contributed by atoms with Crippen LogP contribution in [0, 0.1) is 18.3 Å². The van der Waals surface area contributed by atoms with Crippen molar-refractivity contribution < 1.29 is 17.9 Å². The van der Waals surface area contributed by atoms with Gasteiger partial charge in [0.05, 0.1) is 24.7 Å². The first kappa shape index (κ1) is 21.1. The van der Waals surface area contributed by atoms with Crippen molar-refractivity contribution in [2.24, 2.45) is 0 Å². The predicted molar refractivity (Wildman–Crippen MR) is 109 cm³/mol. The zero-order chi connectivity index (χ0) is 21.0. The number of sulfonamides is 1. The highest BCUT2D eigenvalue weighted by Crippen LogP contribution is 2.31. The van der Waals surface area contributed by atoms with Gasteiger partial charge in [0, 0.05) is 32.7 Å². The van der Waals surface area contributed by atoms with Crippen molar-refractivity contribution in [1.82, 2.24) is 9.21 Å². The summed E-state index contributed by atoms with van der Waals surface area (Å²) in [6.45, 7) is 4.72. The monoisotopic (exact) mass is 415 g/mol. The number of nitrogens with zero attached hydrogens (tertiary/aromatic N) is 3. The summed E-state index contributed by atoms with van der Waals surface area (Å²) in [7, 11) is -0.458. The zero-order valence-electron chi connectivity index (χ0n) is 16.9. The third-order valence-corrected chi connectivity index (χ3v) is 7.15. The van der Waals surface area contributed by atoms with Gasteiger partial charge in [-0.15, -0.1) is 0 Å². The van der Waals surface area contributed by atoms with Crippen LogP contribution in [0.3, 0.4) is 0 Å². The molecule has 2 aromatic rings. The molecule has 1 saturated heterocycles. The van der Waals surface area contributed by atoms with E-state index in [1.54, 1.807) is 26.4 Å². The van der Waals surface area contributed by atoms with Gasteiger partial charge in [-0.2, -0.15) is 9.57 Å². The highest BCUT2D eigenvalue weighted by atomic mass is 32.2. The largest absolute Gasteiger partial charge is 0.493 e. The van der Waals surface area contributed by atoms with Gasteiger partial charge in [0.25, 0.3) is 0 Å². The van der Waals surface area contributed by atoms with Gasteiger partial charge >= 0.3 is 0 Å². The molecule has 0 N–H and O–H groups in total. The normalized spacial score (nSPS) is 15.7. The van der Waals surface area contributed by atoms with Crippen LogP contribution in [0.5, 0.6) is 11.5 Å². The van der Waals surface area contributed by atoms with Crippen LogP contribution >= 0.6 is 0 Å². The summed E-state index contributed by atoms with van der Waals surface area (Å²) in [5.41, 5.74) is 2.39. The molecule has 0 saturated carbocycles. The summed E-state index contributed by atoms with van der Waals surface area (Å²) in [6.07, 6.45) is 0. The minimum atomic E-state index is -3.68. The standard InChI is InChI=1S/C21H25N3O4S/c1-16-12-19(27-2)20(28-3)13-18(16)15-23-8-10-24(11-9-23)29(25,26)21-7-5-4-6-17(21)14-22/h4-7,12-13H,8-11,15H2,1-3H3. The Labute approximate surface area is 172 Å². The van der Waals surface area contributed by atoms with Gasteiger partial charge in [0.2, 0.25) is 10.0 Å². The molecule has 0 bridgehead atoms. The summed E-state index contributed by atoms with van der Waals surface area (Å²) in [5, 5.41) is 9.23. The van der Waals surface area contributed by atoms with Crippen LogP contribution in [-0.4, -0.2) is 58.0 Å². The van der Waals surface area contributed by atoms with E-state index in [1.807, 2.05) is 25.1 Å². The average Bonchev–Trinajstić information content (AvgIpc) is 2.75. The fraction of sp³-hybridized carbons (Fsp3) is 0.381. The molecule has 0 radical (unpaired) electrons. The molecule has 0 atom stereocenters. The molecule has 154 valence electrons. The number of benzene rings is 2. The molecule has 3 rings (SSSR count). The van der Waals surface area contributed by atoms with Gasteiger partial charge in [-0.1, -0.05) is 12.1 Å². The maximum atomic E-state index is 13.0. The topological polar surface area (TPSA) is 82.9 Å². The van der Waals surface area contributed by atoms with E-state index in [1.165, 1.54) is 16.4 Å². The van der Waals surface area contributed by atoms with E-state index < -0.39 is 10.0 Å². The Hall–Kier alpha value is -2.60.